The summed E-state index contributed by atoms with van der Waals surface area (Å²) in [6.07, 6.45) is 4.63. The molecule has 0 saturated heterocycles. The quantitative estimate of drug-likeness (QED) is 0.408. The maximum absolute atomic E-state index is 13.8. The number of methoxy groups -OCH3 is 1. The van der Waals surface area contributed by atoms with E-state index in [2.05, 4.69) is 30.8 Å². The van der Waals surface area contributed by atoms with E-state index >= 15 is 0 Å². The average Bonchev–Trinajstić information content (AvgIpc) is 3.23. The summed E-state index contributed by atoms with van der Waals surface area (Å²) in [5, 5.41) is 14.0. The predicted molar refractivity (Wildman–Crippen MR) is 122 cm³/mol. The Morgan fingerprint density at radius 3 is 2.74 bits per heavy atom. The summed E-state index contributed by atoms with van der Waals surface area (Å²) in [5.74, 6) is 1.12. The average molecular weight is 463 g/mol. The Labute approximate surface area is 194 Å². The number of hydrogen-bond donors (Lipinski definition) is 2. The SMILES string of the molecule is COc1ncc(CNC(=O)c2cccc(Oc3ccnc(Nc4cnn(C)n4)c3)c2C)cc1F. The molecule has 0 spiro atoms. The number of halogens is 1. The highest BCUT2D eigenvalue weighted by molar-refractivity contribution is 5.96. The van der Waals surface area contributed by atoms with Gasteiger partial charge in [0.05, 0.1) is 13.3 Å². The van der Waals surface area contributed by atoms with Crippen LogP contribution in [-0.2, 0) is 13.6 Å². The molecule has 0 bridgehead atoms. The molecule has 0 radical (unpaired) electrons. The molecule has 0 aliphatic rings. The highest BCUT2D eigenvalue weighted by Gasteiger charge is 2.14. The van der Waals surface area contributed by atoms with Gasteiger partial charge in [0.2, 0.25) is 5.88 Å². The number of anilines is 2. The van der Waals surface area contributed by atoms with Gasteiger partial charge in [-0.1, -0.05) is 6.07 Å². The van der Waals surface area contributed by atoms with E-state index in [1.165, 1.54) is 24.2 Å². The molecule has 0 aliphatic carbocycles. The molecule has 3 aromatic heterocycles. The number of aryl methyl sites for hydroxylation is 1. The molecule has 2 N–H and O–H groups in total. The molecule has 0 unspecified atom stereocenters. The summed E-state index contributed by atoms with van der Waals surface area (Å²) in [7, 11) is 3.06. The van der Waals surface area contributed by atoms with Crippen LogP contribution in [0, 0.1) is 12.7 Å². The maximum Gasteiger partial charge on any atom is 0.251 e. The number of benzene rings is 1. The molecule has 0 aliphatic heterocycles. The van der Waals surface area contributed by atoms with Crippen molar-refractivity contribution in [2.75, 3.05) is 12.4 Å². The molecular formula is C23H22FN7O3. The van der Waals surface area contributed by atoms with Crippen LogP contribution in [0.2, 0.25) is 0 Å². The molecule has 1 aromatic carbocycles. The second-order valence-electron chi connectivity index (χ2n) is 7.27. The van der Waals surface area contributed by atoms with Crippen molar-refractivity contribution in [3.8, 4) is 17.4 Å². The molecule has 3 heterocycles. The zero-order chi connectivity index (χ0) is 24.1. The number of nitrogens with zero attached hydrogens (tertiary/aromatic N) is 5. The summed E-state index contributed by atoms with van der Waals surface area (Å²) in [5.41, 5.74) is 1.60. The molecule has 4 rings (SSSR count). The van der Waals surface area contributed by atoms with Gasteiger partial charge in [-0.05, 0) is 36.8 Å². The second-order valence-corrected chi connectivity index (χ2v) is 7.27. The van der Waals surface area contributed by atoms with Crippen LogP contribution in [0.15, 0.2) is 55.0 Å². The standard InChI is InChI=1S/C23H22FN7O3/c1-14-17(22(32)26-11-15-9-18(24)23(33-3)27-12-15)5-4-6-19(14)34-16-7-8-25-20(10-16)29-21-13-28-31(2)30-21/h4-10,12-13H,11H2,1-3H3,(H,26,32)(H,25,29,30). The Kier molecular flexibility index (Phi) is 6.62. The van der Waals surface area contributed by atoms with Crippen LogP contribution in [0.3, 0.4) is 0 Å². The number of hydrogen-bond acceptors (Lipinski definition) is 8. The third-order valence-electron chi connectivity index (χ3n) is 4.85. The smallest absolute Gasteiger partial charge is 0.251 e. The van der Waals surface area contributed by atoms with Crippen LogP contribution in [0.5, 0.6) is 17.4 Å². The van der Waals surface area contributed by atoms with Crippen molar-refractivity contribution in [1.29, 1.82) is 0 Å². The van der Waals surface area contributed by atoms with Gasteiger partial charge in [0.25, 0.3) is 5.91 Å². The minimum Gasteiger partial charge on any atom is -0.479 e. The molecule has 1 amide bonds. The molecular weight excluding hydrogens is 441 g/mol. The van der Waals surface area contributed by atoms with Crippen molar-refractivity contribution >= 4 is 17.5 Å². The Hall–Kier alpha value is -4.54. The molecule has 10 nitrogen and oxygen atoms in total. The van der Waals surface area contributed by atoms with E-state index in [0.29, 0.717) is 39.8 Å². The largest absolute Gasteiger partial charge is 0.479 e. The summed E-state index contributed by atoms with van der Waals surface area (Å²) in [4.78, 5) is 22.3. The highest BCUT2D eigenvalue weighted by atomic mass is 19.1. The highest BCUT2D eigenvalue weighted by Crippen LogP contribution is 2.28. The van der Waals surface area contributed by atoms with Crippen LogP contribution in [0.1, 0.15) is 21.5 Å². The number of pyridine rings is 2. The van der Waals surface area contributed by atoms with E-state index in [1.807, 2.05) is 0 Å². The monoisotopic (exact) mass is 463 g/mol. The molecule has 34 heavy (non-hydrogen) atoms. The number of rotatable bonds is 8. The molecule has 0 atom stereocenters. The summed E-state index contributed by atoms with van der Waals surface area (Å²) >= 11 is 0. The fraction of sp³-hybridized carbons (Fsp3) is 0.174. The van der Waals surface area contributed by atoms with Gasteiger partial charge in [-0.2, -0.15) is 9.90 Å². The lowest BCUT2D eigenvalue weighted by Gasteiger charge is -2.13. The molecule has 11 heteroatoms. The van der Waals surface area contributed by atoms with E-state index in [-0.39, 0.29) is 18.3 Å². The first-order valence-electron chi connectivity index (χ1n) is 10.3. The van der Waals surface area contributed by atoms with E-state index in [0.717, 1.165) is 0 Å². The number of aromatic nitrogens is 5. The van der Waals surface area contributed by atoms with Crippen molar-refractivity contribution < 1.29 is 18.7 Å². The van der Waals surface area contributed by atoms with Gasteiger partial charge < -0.3 is 20.1 Å². The Morgan fingerprint density at radius 2 is 2.00 bits per heavy atom. The normalized spacial score (nSPS) is 10.6. The van der Waals surface area contributed by atoms with Crippen molar-refractivity contribution in [2.24, 2.45) is 7.05 Å². The van der Waals surface area contributed by atoms with Gasteiger partial charge in [0, 0.05) is 43.2 Å². The topological polar surface area (TPSA) is 116 Å². The molecule has 174 valence electrons. The fourth-order valence-electron chi connectivity index (χ4n) is 3.16. The van der Waals surface area contributed by atoms with Crippen molar-refractivity contribution in [3.05, 3.63) is 77.5 Å². The van der Waals surface area contributed by atoms with Gasteiger partial charge in [-0.3, -0.25) is 4.79 Å². The van der Waals surface area contributed by atoms with E-state index < -0.39 is 5.82 Å². The molecule has 4 aromatic rings. The number of carbonyl (C=O) groups is 1. The lowest BCUT2D eigenvalue weighted by molar-refractivity contribution is 0.0950. The molecule has 0 saturated carbocycles. The van der Waals surface area contributed by atoms with Gasteiger partial charge in [0.1, 0.15) is 17.3 Å². The van der Waals surface area contributed by atoms with Gasteiger partial charge in [-0.25, -0.2) is 14.4 Å². The van der Waals surface area contributed by atoms with Crippen LogP contribution in [-0.4, -0.2) is 38.0 Å². The van der Waals surface area contributed by atoms with Crippen LogP contribution in [0.25, 0.3) is 0 Å². The minimum absolute atomic E-state index is 0.0954. The lowest BCUT2D eigenvalue weighted by Crippen LogP contribution is -2.23. The first-order valence-corrected chi connectivity index (χ1v) is 10.3. The van der Waals surface area contributed by atoms with Gasteiger partial charge >= 0.3 is 0 Å². The third-order valence-corrected chi connectivity index (χ3v) is 4.85. The van der Waals surface area contributed by atoms with E-state index in [4.69, 9.17) is 9.47 Å². The zero-order valence-corrected chi connectivity index (χ0v) is 18.7. The first-order chi connectivity index (χ1) is 16.4. The van der Waals surface area contributed by atoms with Crippen LogP contribution < -0.4 is 20.1 Å². The summed E-state index contributed by atoms with van der Waals surface area (Å²) < 4.78 is 24.7. The summed E-state index contributed by atoms with van der Waals surface area (Å²) in [6, 6.07) is 9.88. The lowest BCUT2D eigenvalue weighted by atomic mass is 10.1. The zero-order valence-electron chi connectivity index (χ0n) is 18.7. The number of ether oxygens (including phenoxy) is 2. The summed E-state index contributed by atoms with van der Waals surface area (Å²) in [6.45, 7) is 1.90. The third kappa shape index (κ3) is 5.26. The maximum atomic E-state index is 13.8. The Bertz CT molecular complexity index is 1330. The molecule has 0 fully saturated rings. The van der Waals surface area contributed by atoms with Gasteiger partial charge in [-0.15, -0.1) is 5.10 Å². The van der Waals surface area contributed by atoms with Crippen LogP contribution >= 0.6 is 0 Å². The Balaban J connectivity index is 1.45. The number of amides is 1. The predicted octanol–water partition coefficient (Wildman–Crippen LogP) is 3.53. The van der Waals surface area contributed by atoms with E-state index in [9.17, 15) is 9.18 Å². The van der Waals surface area contributed by atoms with Crippen molar-refractivity contribution in [1.82, 2.24) is 30.3 Å². The Morgan fingerprint density at radius 1 is 1.15 bits per heavy atom. The van der Waals surface area contributed by atoms with Crippen molar-refractivity contribution in [2.45, 2.75) is 13.5 Å². The van der Waals surface area contributed by atoms with E-state index in [1.54, 1.807) is 56.7 Å². The first kappa shape index (κ1) is 22.6. The minimum atomic E-state index is -0.591. The van der Waals surface area contributed by atoms with Crippen molar-refractivity contribution in [3.63, 3.8) is 0 Å². The van der Waals surface area contributed by atoms with Gasteiger partial charge in [0.15, 0.2) is 11.6 Å². The fourth-order valence-corrected chi connectivity index (χ4v) is 3.16. The number of nitrogens with one attached hydrogen (secondary N) is 2. The van der Waals surface area contributed by atoms with Crippen LogP contribution in [0.4, 0.5) is 16.0 Å². The second kappa shape index (κ2) is 9.94. The number of carbonyl (C=O) groups excluding carboxylic acids is 1.